The first-order valence-corrected chi connectivity index (χ1v) is 3.24. The maximum Gasteiger partial charge on any atom is 0.281 e. The van der Waals surface area contributed by atoms with Gasteiger partial charge in [-0.3, -0.25) is 4.55 Å². The summed E-state index contributed by atoms with van der Waals surface area (Å²) in [7, 11) is 0. The summed E-state index contributed by atoms with van der Waals surface area (Å²) in [6.07, 6.45) is 3.17. The SMILES string of the molecule is NC=NN=CC=NS(=O)O. The highest BCUT2D eigenvalue weighted by molar-refractivity contribution is 7.78. The Balaban J connectivity index is 3.62. The lowest BCUT2D eigenvalue weighted by Crippen LogP contribution is -1.86. The molecule has 0 rings (SSSR count). The molecule has 0 bridgehead atoms. The molecule has 0 aliphatic carbocycles. The highest BCUT2D eigenvalue weighted by Crippen LogP contribution is 1.69. The van der Waals surface area contributed by atoms with E-state index in [9.17, 15) is 4.21 Å². The smallest absolute Gasteiger partial charge is 0.281 e. The van der Waals surface area contributed by atoms with Crippen molar-refractivity contribution in [3.63, 3.8) is 0 Å². The fourth-order valence-electron chi connectivity index (χ4n) is 0.186. The van der Waals surface area contributed by atoms with Crippen LogP contribution in [0.5, 0.6) is 0 Å². The van der Waals surface area contributed by atoms with Crippen LogP contribution in [0.4, 0.5) is 0 Å². The van der Waals surface area contributed by atoms with Crippen molar-refractivity contribution in [2.45, 2.75) is 0 Å². The van der Waals surface area contributed by atoms with Crippen LogP contribution in [-0.4, -0.2) is 27.5 Å². The molecule has 0 heterocycles. The molecule has 7 heteroatoms. The molecule has 0 aliphatic heterocycles. The molecule has 0 aromatic rings. The first-order chi connectivity index (χ1) is 4.77. The normalized spacial score (nSPS) is 15.7. The van der Waals surface area contributed by atoms with Crippen LogP contribution in [-0.2, 0) is 11.3 Å². The minimum absolute atomic E-state index is 0.986. The molecule has 6 nitrogen and oxygen atoms in total. The van der Waals surface area contributed by atoms with Gasteiger partial charge in [-0.15, -0.1) is 5.10 Å². The summed E-state index contributed by atoms with van der Waals surface area (Å²) < 4.78 is 20.9. The third-order valence-electron chi connectivity index (χ3n) is 0.418. The van der Waals surface area contributed by atoms with Gasteiger partial charge in [0.15, 0.2) is 0 Å². The molecule has 0 aromatic heterocycles. The van der Waals surface area contributed by atoms with Gasteiger partial charge in [0.1, 0.15) is 6.34 Å². The van der Waals surface area contributed by atoms with E-state index in [0.717, 1.165) is 18.8 Å². The van der Waals surface area contributed by atoms with Gasteiger partial charge in [-0.2, -0.15) is 9.50 Å². The van der Waals surface area contributed by atoms with Crippen LogP contribution in [0.2, 0.25) is 0 Å². The number of nitrogens with two attached hydrogens (primary N) is 1. The number of rotatable bonds is 3. The van der Waals surface area contributed by atoms with Crippen molar-refractivity contribution < 1.29 is 8.76 Å². The van der Waals surface area contributed by atoms with Gasteiger partial charge in [-0.05, 0) is 0 Å². The van der Waals surface area contributed by atoms with E-state index >= 15 is 0 Å². The van der Waals surface area contributed by atoms with Crippen molar-refractivity contribution in [3.05, 3.63) is 0 Å². The summed E-state index contributed by atoms with van der Waals surface area (Å²) in [6.45, 7) is 0. The van der Waals surface area contributed by atoms with Crippen molar-refractivity contribution >= 4 is 30.0 Å². The van der Waals surface area contributed by atoms with Crippen LogP contribution in [0.3, 0.4) is 0 Å². The summed E-state index contributed by atoms with van der Waals surface area (Å²) in [5, 5.41) is 6.51. The Morgan fingerprint density at radius 2 is 2.10 bits per heavy atom. The van der Waals surface area contributed by atoms with Crippen LogP contribution in [0.1, 0.15) is 0 Å². The fraction of sp³-hybridized carbons (Fsp3) is 0. The Hall–Kier alpha value is -1.08. The van der Waals surface area contributed by atoms with E-state index < -0.39 is 11.3 Å². The minimum Gasteiger partial charge on any atom is -0.388 e. The Morgan fingerprint density at radius 3 is 2.60 bits per heavy atom. The van der Waals surface area contributed by atoms with Gasteiger partial charge in [0.2, 0.25) is 0 Å². The van der Waals surface area contributed by atoms with E-state index in [0.29, 0.717) is 0 Å². The first kappa shape index (κ1) is 8.92. The maximum absolute atomic E-state index is 9.82. The molecule has 0 aliphatic rings. The molecule has 0 radical (unpaired) electrons. The van der Waals surface area contributed by atoms with Crippen molar-refractivity contribution in [1.29, 1.82) is 0 Å². The van der Waals surface area contributed by atoms with Gasteiger partial charge in [-0.1, -0.05) is 0 Å². The summed E-state index contributed by atoms with van der Waals surface area (Å²) in [6, 6.07) is 0. The van der Waals surface area contributed by atoms with Gasteiger partial charge in [0.05, 0.1) is 12.4 Å². The van der Waals surface area contributed by atoms with E-state index in [-0.39, 0.29) is 0 Å². The van der Waals surface area contributed by atoms with Crippen LogP contribution in [0.15, 0.2) is 14.6 Å². The standard InChI is InChI=1S/C3H6N4O2S/c4-3-6-5-1-2-7-10(8)9/h1-3H,(H2,4,6)(H,8,9). The molecule has 1 atom stereocenters. The molecule has 0 amide bonds. The average molecular weight is 162 g/mol. The van der Waals surface area contributed by atoms with E-state index in [1.807, 2.05) is 0 Å². The number of hydrogen-bond donors (Lipinski definition) is 2. The van der Waals surface area contributed by atoms with E-state index in [1.54, 1.807) is 0 Å². The average Bonchev–Trinajstić information content (AvgIpc) is 1.87. The molecule has 3 N–H and O–H groups in total. The third-order valence-corrected chi connectivity index (χ3v) is 0.720. The molecule has 0 saturated carbocycles. The Kier molecular flexibility index (Phi) is 5.39. The molecule has 0 fully saturated rings. The molecule has 0 saturated heterocycles. The summed E-state index contributed by atoms with van der Waals surface area (Å²) >= 11 is -2.18. The molecule has 0 spiro atoms. The molecule has 1 unspecified atom stereocenters. The highest BCUT2D eigenvalue weighted by Gasteiger charge is 1.76. The summed E-state index contributed by atoms with van der Waals surface area (Å²) in [5.41, 5.74) is 4.81. The number of nitrogens with zero attached hydrogens (tertiary/aromatic N) is 3. The predicted octanol–water partition coefficient (Wildman–Crippen LogP) is -0.833. The monoisotopic (exact) mass is 162 g/mol. The summed E-state index contributed by atoms with van der Waals surface area (Å²) in [4.78, 5) is 0. The maximum atomic E-state index is 9.82. The van der Waals surface area contributed by atoms with Crippen molar-refractivity contribution in [2.75, 3.05) is 0 Å². The number of hydrogen-bond acceptors (Lipinski definition) is 3. The molecule has 56 valence electrons. The molecule has 10 heavy (non-hydrogen) atoms. The van der Waals surface area contributed by atoms with Gasteiger partial charge >= 0.3 is 0 Å². The quantitative estimate of drug-likeness (QED) is 0.245. The molecular weight excluding hydrogens is 156 g/mol. The second-order valence-corrected chi connectivity index (χ2v) is 1.69. The molecular formula is C3H6N4O2S. The van der Waals surface area contributed by atoms with Crippen LogP contribution in [0.25, 0.3) is 0 Å². The van der Waals surface area contributed by atoms with E-state index in [1.165, 1.54) is 0 Å². The second-order valence-electron chi connectivity index (χ2n) is 1.01. The first-order valence-electron chi connectivity index (χ1n) is 2.17. The van der Waals surface area contributed by atoms with Crippen LogP contribution >= 0.6 is 0 Å². The Bertz CT molecular complexity index is 187. The predicted molar refractivity (Wildman–Crippen MR) is 40.4 cm³/mol. The zero-order valence-corrected chi connectivity index (χ0v) is 5.73. The van der Waals surface area contributed by atoms with Gasteiger partial charge < -0.3 is 5.73 Å². The topological polar surface area (TPSA) is 100 Å². The summed E-state index contributed by atoms with van der Waals surface area (Å²) in [5.74, 6) is 0. The Labute approximate surface area is 60.0 Å². The van der Waals surface area contributed by atoms with Gasteiger partial charge in [0.25, 0.3) is 11.3 Å². The third kappa shape index (κ3) is 6.92. The lowest BCUT2D eigenvalue weighted by molar-refractivity contribution is 0.567. The second kappa shape index (κ2) is 6.05. The van der Waals surface area contributed by atoms with Crippen LogP contribution in [0, 0.1) is 0 Å². The van der Waals surface area contributed by atoms with Crippen LogP contribution < -0.4 is 5.73 Å². The largest absolute Gasteiger partial charge is 0.388 e. The lowest BCUT2D eigenvalue weighted by Gasteiger charge is -1.73. The molecule has 0 aromatic carbocycles. The van der Waals surface area contributed by atoms with Crippen molar-refractivity contribution in [3.8, 4) is 0 Å². The zero-order chi connectivity index (χ0) is 7.82. The Morgan fingerprint density at radius 1 is 1.40 bits per heavy atom. The van der Waals surface area contributed by atoms with Crippen molar-refractivity contribution in [2.24, 2.45) is 20.3 Å². The van der Waals surface area contributed by atoms with Gasteiger partial charge in [-0.25, -0.2) is 4.21 Å². The minimum atomic E-state index is -2.18. The fourth-order valence-corrected chi connectivity index (χ4v) is 0.345. The van der Waals surface area contributed by atoms with Gasteiger partial charge in [0, 0.05) is 0 Å². The lowest BCUT2D eigenvalue weighted by atomic mass is 10.8. The zero-order valence-electron chi connectivity index (χ0n) is 4.91. The van der Waals surface area contributed by atoms with E-state index in [2.05, 4.69) is 14.6 Å². The van der Waals surface area contributed by atoms with E-state index in [4.69, 9.17) is 10.3 Å². The highest BCUT2D eigenvalue weighted by atomic mass is 32.2. The van der Waals surface area contributed by atoms with Crippen molar-refractivity contribution in [1.82, 2.24) is 0 Å².